The SMILES string of the molecule is CC[C@H](C(=O)N(CC(=O)N(Cc1ccco1)C[C@@H]1CCCO1)C1CC1)c1ccccc1. The molecule has 0 spiro atoms. The number of hydrogen-bond acceptors (Lipinski definition) is 4. The van der Waals surface area contributed by atoms with Crippen LogP contribution in [0.25, 0.3) is 0 Å². The van der Waals surface area contributed by atoms with Crippen LogP contribution in [0.1, 0.15) is 56.3 Å². The minimum atomic E-state index is -0.216. The Morgan fingerprint density at radius 3 is 2.52 bits per heavy atom. The van der Waals surface area contributed by atoms with Gasteiger partial charge < -0.3 is 19.0 Å². The summed E-state index contributed by atoms with van der Waals surface area (Å²) >= 11 is 0. The van der Waals surface area contributed by atoms with Crippen LogP contribution in [0, 0.1) is 0 Å². The van der Waals surface area contributed by atoms with E-state index in [1.165, 1.54) is 0 Å². The van der Waals surface area contributed by atoms with Crippen LogP contribution in [0.2, 0.25) is 0 Å². The zero-order valence-electron chi connectivity index (χ0n) is 18.2. The van der Waals surface area contributed by atoms with Gasteiger partial charge in [-0.3, -0.25) is 9.59 Å². The van der Waals surface area contributed by atoms with Crippen molar-refractivity contribution in [2.75, 3.05) is 19.7 Å². The summed E-state index contributed by atoms with van der Waals surface area (Å²) in [7, 11) is 0. The van der Waals surface area contributed by atoms with E-state index in [1.54, 1.807) is 11.2 Å². The Balaban J connectivity index is 1.48. The Morgan fingerprint density at radius 2 is 1.90 bits per heavy atom. The van der Waals surface area contributed by atoms with Crippen molar-refractivity contribution in [3.05, 3.63) is 60.1 Å². The van der Waals surface area contributed by atoms with E-state index < -0.39 is 0 Å². The normalized spacial score (nSPS) is 19.2. The van der Waals surface area contributed by atoms with Crippen molar-refractivity contribution in [3.8, 4) is 0 Å². The molecule has 6 heteroatoms. The Bertz CT molecular complexity index is 842. The second kappa shape index (κ2) is 10.1. The number of carbonyl (C=O) groups is 2. The minimum absolute atomic E-state index is 0.0462. The van der Waals surface area contributed by atoms with Crippen LogP contribution in [0.15, 0.2) is 53.1 Å². The van der Waals surface area contributed by atoms with Crippen LogP contribution < -0.4 is 0 Å². The Labute approximate surface area is 184 Å². The number of amides is 2. The van der Waals surface area contributed by atoms with E-state index in [9.17, 15) is 9.59 Å². The molecule has 0 N–H and O–H groups in total. The fourth-order valence-electron chi connectivity index (χ4n) is 4.34. The summed E-state index contributed by atoms with van der Waals surface area (Å²) in [6, 6.07) is 13.8. The lowest BCUT2D eigenvalue weighted by Gasteiger charge is -2.31. The van der Waals surface area contributed by atoms with E-state index in [-0.39, 0.29) is 36.4 Å². The Hall–Kier alpha value is -2.60. The van der Waals surface area contributed by atoms with E-state index in [4.69, 9.17) is 9.15 Å². The molecule has 1 saturated carbocycles. The van der Waals surface area contributed by atoms with Crippen molar-refractivity contribution < 1.29 is 18.7 Å². The molecule has 166 valence electrons. The average molecular weight is 425 g/mol. The molecular weight excluding hydrogens is 392 g/mol. The zero-order chi connectivity index (χ0) is 21.6. The molecule has 2 amide bonds. The number of ether oxygens (including phenoxy) is 1. The fraction of sp³-hybridized carbons (Fsp3) is 0.520. The molecule has 1 aliphatic heterocycles. The summed E-state index contributed by atoms with van der Waals surface area (Å²) in [5.41, 5.74) is 1.01. The lowest BCUT2D eigenvalue weighted by Crippen LogP contribution is -2.47. The Kier molecular flexibility index (Phi) is 7.07. The summed E-state index contributed by atoms with van der Waals surface area (Å²) in [5, 5.41) is 0. The molecule has 0 radical (unpaired) electrons. The number of carbonyl (C=O) groups excluding carboxylic acids is 2. The molecule has 1 aromatic heterocycles. The van der Waals surface area contributed by atoms with Gasteiger partial charge in [0, 0.05) is 19.2 Å². The van der Waals surface area contributed by atoms with Crippen LogP contribution in [0.5, 0.6) is 0 Å². The quantitative estimate of drug-likeness (QED) is 0.579. The summed E-state index contributed by atoms with van der Waals surface area (Å²) in [4.78, 5) is 30.5. The molecule has 2 aromatic rings. The van der Waals surface area contributed by atoms with Gasteiger partial charge in [-0.2, -0.15) is 0 Å². The van der Waals surface area contributed by atoms with Gasteiger partial charge in [0.05, 0.1) is 24.8 Å². The van der Waals surface area contributed by atoms with Crippen LogP contribution in [0.3, 0.4) is 0 Å². The van der Waals surface area contributed by atoms with Crippen LogP contribution >= 0.6 is 0 Å². The first-order valence-electron chi connectivity index (χ1n) is 11.4. The number of furan rings is 1. The molecule has 31 heavy (non-hydrogen) atoms. The third-order valence-electron chi connectivity index (χ3n) is 6.21. The smallest absolute Gasteiger partial charge is 0.242 e. The molecule has 2 atom stereocenters. The predicted molar refractivity (Wildman–Crippen MR) is 117 cm³/mol. The van der Waals surface area contributed by atoms with Gasteiger partial charge in [0.25, 0.3) is 0 Å². The molecule has 4 rings (SSSR count). The van der Waals surface area contributed by atoms with Gasteiger partial charge in [0.2, 0.25) is 11.8 Å². The molecule has 0 unspecified atom stereocenters. The van der Waals surface area contributed by atoms with Crippen LogP contribution in [0.4, 0.5) is 0 Å². The maximum Gasteiger partial charge on any atom is 0.242 e. The highest BCUT2D eigenvalue weighted by molar-refractivity contribution is 5.89. The fourth-order valence-corrected chi connectivity index (χ4v) is 4.34. The van der Waals surface area contributed by atoms with E-state index in [1.807, 2.05) is 54.3 Å². The topological polar surface area (TPSA) is 63.0 Å². The first-order valence-corrected chi connectivity index (χ1v) is 11.4. The molecular formula is C25H32N2O4. The summed E-state index contributed by atoms with van der Waals surface area (Å²) in [6.45, 7) is 3.81. The van der Waals surface area contributed by atoms with Gasteiger partial charge in [-0.1, -0.05) is 37.3 Å². The largest absolute Gasteiger partial charge is 0.467 e. The van der Waals surface area contributed by atoms with Crippen molar-refractivity contribution in [1.29, 1.82) is 0 Å². The van der Waals surface area contributed by atoms with Gasteiger partial charge >= 0.3 is 0 Å². The predicted octanol–water partition coefficient (Wildman–Crippen LogP) is 3.97. The third-order valence-corrected chi connectivity index (χ3v) is 6.21. The molecule has 2 aliphatic rings. The molecule has 6 nitrogen and oxygen atoms in total. The zero-order valence-corrected chi connectivity index (χ0v) is 18.2. The highest BCUT2D eigenvalue weighted by Crippen LogP contribution is 2.31. The van der Waals surface area contributed by atoms with Crippen LogP contribution in [-0.4, -0.2) is 53.5 Å². The lowest BCUT2D eigenvalue weighted by molar-refractivity contribution is -0.143. The minimum Gasteiger partial charge on any atom is -0.467 e. The molecule has 2 heterocycles. The molecule has 2 fully saturated rings. The number of rotatable bonds is 10. The second-order valence-corrected chi connectivity index (χ2v) is 8.56. The average Bonchev–Trinajstić information content (AvgIpc) is 3.24. The van der Waals surface area contributed by atoms with Crippen molar-refractivity contribution in [2.24, 2.45) is 0 Å². The van der Waals surface area contributed by atoms with Gasteiger partial charge in [-0.15, -0.1) is 0 Å². The monoisotopic (exact) mass is 424 g/mol. The van der Waals surface area contributed by atoms with Gasteiger partial charge in [-0.05, 0) is 49.8 Å². The first-order chi connectivity index (χ1) is 15.2. The van der Waals surface area contributed by atoms with Crippen molar-refractivity contribution in [1.82, 2.24) is 9.80 Å². The number of benzene rings is 1. The van der Waals surface area contributed by atoms with E-state index >= 15 is 0 Å². The van der Waals surface area contributed by atoms with E-state index in [0.29, 0.717) is 19.5 Å². The van der Waals surface area contributed by atoms with E-state index in [2.05, 4.69) is 0 Å². The lowest BCUT2D eigenvalue weighted by atomic mass is 9.95. The molecule has 1 aromatic carbocycles. The standard InChI is InChI=1S/C25H32N2O4/c1-2-23(19-8-4-3-5-9-19)25(29)27(20-12-13-20)18-24(28)26(16-21-10-6-14-30-21)17-22-11-7-15-31-22/h3-6,8-10,14,20,22-23H,2,7,11-13,15-18H2,1H3/t22-,23-/m0/s1. The molecule has 1 aliphatic carbocycles. The first kappa shape index (κ1) is 21.6. The van der Waals surface area contributed by atoms with Crippen molar-refractivity contribution >= 4 is 11.8 Å². The van der Waals surface area contributed by atoms with Crippen LogP contribution in [-0.2, 0) is 20.9 Å². The summed E-state index contributed by atoms with van der Waals surface area (Å²) in [6.07, 6.45) is 6.30. The maximum absolute atomic E-state index is 13.5. The van der Waals surface area contributed by atoms with Gasteiger partial charge in [0.15, 0.2) is 0 Å². The number of nitrogens with zero attached hydrogens (tertiary/aromatic N) is 2. The maximum atomic E-state index is 13.5. The highest BCUT2D eigenvalue weighted by Gasteiger charge is 2.38. The van der Waals surface area contributed by atoms with Gasteiger partial charge in [-0.25, -0.2) is 0 Å². The Morgan fingerprint density at radius 1 is 1.10 bits per heavy atom. The highest BCUT2D eigenvalue weighted by atomic mass is 16.5. The summed E-state index contributed by atoms with van der Waals surface area (Å²) < 4.78 is 11.3. The second-order valence-electron chi connectivity index (χ2n) is 8.56. The molecule has 1 saturated heterocycles. The molecule has 0 bridgehead atoms. The third kappa shape index (κ3) is 5.56. The van der Waals surface area contributed by atoms with Gasteiger partial charge in [0.1, 0.15) is 12.3 Å². The van der Waals surface area contributed by atoms with E-state index in [0.717, 1.165) is 43.6 Å². The van der Waals surface area contributed by atoms with Crippen molar-refractivity contribution in [2.45, 2.75) is 63.6 Å². The number of hydrogen-bond donors (Lipinski definition) is 0. The van der Waals surface area contributed by atoms with Crippen molar-refractivity contribution in [3.63, 3.8) is 0 Å². The summed E-state index contributed by atoms with van der Waals surface area (Å²) in [5.74, 6) is 0.535.